The fourth-order valence-corrected chi connectivity index (χ4v) is 4.68. The molecule has 1 aromatic carbocycles. The van der Waals surface area contributed by atoms with Crippen LogP contribution in [-0.2, 0) is 36.8 Å². The van der Waals surface area contributed by atoms with Crippen molar-refractivity contribution in [2.75, 3.05) is 19.6 Å². The van der Waals surface area contributed by atoms with E-state index in [1.54, 1.807) is 30.5 Å². The number of carbonyl (C=O) groups excluding carboxylic acids is 5. The SMILES string of the molecule is NC(=O)CNC(=O)C(CCCN=C(N)N)NC(=O)C(Cc1ccccc1)NC(=O)C(Cc1cnc[nH]1)NC(=O)C1CCCN1. The molecule has 3 rings (SSSR count). The summed E-state index contributed by atoms with van der Waals surface area (Å²) in [4.78, 5) is 75.2. The molecule has 1 aromatic heterocycles. The van der Waals surface area contributed by atoms with Crippen LogP contribution in [0, 0.1) is 0 Å². The molecule has 4 atom stereocenters. The van der Waals surface area contributed by atoms with E-state index in [4.69, 9.17) is 17.2 Å². The van der Waals surface area contributed by atoms with Crippen molar-refractivity contribution in [3.8, 4) is 0 Å². The second-order valence-electron chi connectivity index (χ2n) is 10.4. The minimum absolute atomic E-state index is 0.0942. The van der Waals surface area contributed by atoms with Crippen LogP contribution in [0.25, 0.3) is 0 Å². The summed E-state index contributed by atoms with van der Waals surface area (Å²) in [6, 6.07) is 5.36. The van der Waals surface area contributed by atoms with Gasteiger partial charge in [-0.25, -0.2) is 4.98 Å². The predicted molar refractivity (Wildman–Crippen MR) is 161 cm³/mol. The number of nitrogens with zero attached hydrogens (tertiary/aromatic N) is 2. The highest BCUT2D eigenvalue weighted by Gasteiger charge is 2.32. The maximum atomic E-state index is 13.7. The molecule has 5 amide bonds. The normalized spacial score (nSPS) is 16.1. The number of carbonyl (C=O) groups is 5. The number of primary amides is 1. The molecule has 2 aromatic rings. The fraction of sp³-hybridized carbons (Fsp3) is 0.464. The average Bonchev–Trinajstić information content (AvgIpc) is 3.72. The Balaban J connectivity index is 1.80. The number of aromatic nitrogens is 2. The molecule has 0 radical (unpaired) electrons. The van der Waals surface area contributed by atoms with Crippen molar-refractivity contribution in [3.63, 3.8) is 0 Å². The third kappa shape index (κ3) is 11.4. The van der Waals surface area contributed by atoms with Crippen LogP contribution in [0.5, 0.6) is 0 Å². The third-order valence-electron chi connectivity index (χ3n) is 6.92. The summed E-state index contributed by atoms with van der Waals surface area (Å²) < 4.78 is 0. The molecule has 0 spiro atoms. The van der Waals surface area contributed by atoms with E-state index in [1.165, 1.54) is 6.33 Å². The number of rotatable bonds is 17. The minimum Gasteiger partial charge on any atom is -0.370 e. The summed E-state index contributed by atoms with van der Waals surface area (Å²) in [5.41, 5.74) is 17.3. The number of amides is 5. The van der Waals surface area contributed by atoms with Crippen LogP contribution in [-0.4, -0.2) is 89.3 Å². The van der Waals surface area contributed by atoms with E-state index in [0.717, 1.165) is 12.0 Å². The number of nitrogens with two attached hydrogens (primary N) is 3. The zero-order valence-electron chi connectivity index (χ0n) is 24.4. The van der Waals surface area contributed by atoms with Crippen molar-refractivity contribution in [1.82, 2.24) is 36.6 Å². The van der Waals surface area contributed by atoms with Gasteiger partial charge >= 0.3 is 0 Å². The molecule has 2 heterocycles. The lowest BCUT2D eigenvalue weighted by Gasteiger charge is -2.26. The van der Waals surface area contributed by atoms with Gasteiger partial charge in [0.25, 0.3) is 0 Å². The molecule has 1 fully saturated rings. The first kappa shape index (κ1) is 33.5. The Hall–Kier alpha value is -4.99. The Morgan fingerprint density at radius 2 is 1.64 bits per heavy atom. The molecular formula is C28H41N11O5. The number of nitrogens with one attached hydrogen (secondary N) is 6. The van der Waals surface area contributed by atoms with Gasteiger partial charge in [-0.15, -0.1) is 0 Å². The van der Waals surface area contributed by atoms with Gasteiger partial charge in [0.2, 0.25) is 29.5 Å². The maximum Gasteiger partial charge on any atom is 0.243 e. The third-order valence-corrected chi connectivity index (χ3v) is 6.92. The molecule has 16 heteroatoms. The molecule has 1 saturated heterocycles. The molecular weight excluding hydrogens is 570 g/mol. The van der Waals surface area contributed by atoms with Gasteiger partial charge in [0.1, 0.15) is 18.1 Å². The van der Waals surface area contributed by atoms with E-state index in [-0.39, 0.29) is 37.7 Å². The lowest BCUT2D eigenvalue weighted by molar-refractivity contribution is -0.134. The molecule has 0 bridgehead atoms. The van der Waals surface area contributed by atoms with Crippen LogP contribution in [0.15, 0.2) is 47.8 Å². The van der Waals surface area contributed by atoms with E-state index in [9.17, 15) is 24.0 Å². The van der Waals surface area contributed by atoms with Crippen molar-refractivity contribution < 1.29 is 24.0 Å². The highest BCUT2D eigenvalue weighted by molar-refractivity contribution is 5.95. The second-order valence-corrected chi connectivity index (χ2v) is 10.4. The van der Waals surface area contributed by atoms with Crippen LogP contribution in [0.4, 0.5) is 0 Å². The zero-order chi connectivity index (χ0) is 31.9. The van der Waals surface area contributed by atoms with Gasteiger partial charge in [0.15, 0.2) is 5.96 Å². The van der Waals surface area contributed by atoms with Gasteiger partial charge in [0, 0.05) is 31.3 Å². The summed E-state index contributed by atoms with van der Waals surface area (Å²) in [6.07, 6.45) is 5.16. The highest BCUT2D eigenvalue weighted by atomic mass is 16.2. The first-order valence-corrected chi connectivity index (χ1v) is 14.4. The van der Waals surface area contributed by atoms with E-state index < -0.39 is 54.3 Å². The van der Waals surface area contributed by atoms with Crippen molar-refractivity contribution in [2.45, 2.75) is 62.7 Å². The quantitative estimate of drug-likeness (QED) is 0.0502. The summed E-state index contributed by atoms with van der Waals surface area (Å²) in [7, 11) is 0. The van der Waals surface area contributed by atoms with E-state index in [0.29, 0.717) is 25.1 Å². The number of hydrogen-bond donors (Lipinski definition) is 9. The molecule has 1 aliphatic rings. The minimum atomic E-state index is -1.13. The first-order valence-electron chi connectivity index (χ1n) is 14.4. The van der Waals surface area contributed by atoms with E-state index >= 15 is 0 Å². The molecule has 238 valence electrons. The molecule has 12 N–H and O–H groups in total. The number of H-pyrrole nitrogens is 1. The summed E-state index contributed by atoms with van der Waals surface area (Å²) >= 11 is 0. The van der Waals surface area contributed by atoms with Crippen molar-refractivity contribution >= 4 is 35.5 Å². The number of benzene rings is 1. The Bertz CT molecular complexity index is 1280. The van der Waals surface area contributed by atoms with Crippen LogP contribution < -0.4 is 43.8 Å². The van der Waals surface area contributed by atoms with Gasteiger partial charge < -0.3 is 48.8 Å². The van der Waals surface area contributed by atoms with Crippen molar-refractivity contribution in [2.24, 2.45) is 22.2 Å². The fourth-order valence-electron chi connectivity index (χ4n) is 4.68. The summed E-state index contributed by atoms with van der Waals surface area (Å²) in [6.45, 7) is 0.482. The molecule has 16 nitrogen and oxygen atoms in total. The molecule has 0 saturated carbocycles. The topological polar surface area (TPSA) is 265 Å². The Kier molecular flexibility index (Phi) is 13.1. The Morgan fingerprint density at radius 3 is 2.25 bits per heavy atom. The van der Waals surface area contributed by atoms with Crippen LogP contribution in [0.3, 0.4) is 0 Å². The predicted octanol–water partition coefficient (Wildman–Crippen LogP) is -2.94. The number of guanidine groups is 1. The zero-order valence-corrected chi connectivity index (χ0v) is 24.4. The van der Waals surface area contributed by atoms with Gasteiger partial charge in [-0.1, -0.05) is 30.3 Å². The Morgan fingerprint density at radius 1 is 0.932 bits per heavy atom. The number of aliphatic imine (C=N–C) groups is 1. The largest absolute Gasteiger partial charge is 0.370 e. The molecule has 44 heavy (non-hydrogen) atoms. The molecule has 0 aliphatic carbocycles. The summed E-state index contributed by atoms with van der Waals surface area (Å²) in [5, 5.41) is 13.8. The molecule has 4 unspecified atom stereocenters. The number of imidazole rings is 1. The average molecular weight is 612 g/mol. The van der Waals surface area contributed by atoms with Gasteiger partial charge in [-0.3, -0.25) is 29.0 Å². The lowest BCUT2D eigenvalue weighted by Crippen LogP contribution is -2.58. The van der Waals surface area contributed by atoms with Crippen LogP contribution in [0.2, 0.25) is 0 Å². The lowest BCUT2D eigenvalue weighted by atomic mass is 10.0. The van der Waals surface area contributed by atoms with E-state index in [2.05, 4.69) is 41.5 Å². The highest BCUT2D eigenvalue weighted by Crippen LogP contribution is 2.09. The smallest absolute Gasteiger partial charge is 0.243 e. The Labute approximate surface area is 254 Å². The second kappa shape index (κ2) is 17.2. The monoisotopic (exact) mass is 611 g/mol. The number of hydrogen-bond acceptors (Lipinski definition) is 8. The number of aromatic amines is 1. The van der Waals surface area contributed by atoms with Crippen molar-refractivity contribution in [3.05, 3.63) is 54.1 Å². The summed E-state index contributed by atoms with van der Waals surface area (Å²) in [5.74, 6) is -3.07. The standard InChI is InChI=1S/C28H41N11O5/c29-23(40)15-35-24(41)20(9-5-11-34-28(30)31)37-26(43)21(12-17-6-2-1-3-7-17)38-27(44)22(13-18-14-32-16-36-18)39-25(42)19-8-4-10-33-19/h1-3,6-7,14,16,19-22,33H,4-5,8-13,15H2,(H2,29,40)(H,32,36)(H,35,41)(H,37,43)(H,38,44)(H,39,42)(H4,30,31,34). The van der Waals surface area contributed by atoms with Crippen molar-refractivity contribution in [1.29, 1.82) is 0 Å². The van der Waals surface area contributed by atoms with E-state index in [1.807, 2.05) is 6.07 Å². The maximum absolute atomic E-state index is 13.7. The van der Waals surface area contributed by atoms with Crippen LogP contribution >= 0.6 is 0 Å². The van der Waals surface area contributed by atoms with Gasteiger partial charge in [-0.2, -0.15) is 0 Å². The first-order chi connectivity index (χ1) is 21.1. The van der Waals surface area contributed by atoms with Gasteiger partial charge in [-0.05, 0) is 37.8 Å². The van der Waals surface area contributed by atoms with Gasteiger partial charge in [0.05, 0.1) is 18.9 Å². The molecule has 1 aliphatic heterocycles. The van der Waals surface area contributed by atoms with Crippen LogP contribution in [0.1, 0.15) is 36.9 Å².